The Kier molecular flexibility index (Phi) is 8.67. The maximum atomic E-state index is 13.7. The van der Waals surface area contributed by atoms with Crippen LogP contribution in [0.15, 0.2) is 84.9 Å². The number of carbonyl (C=O) groups excluding carboxylic acids is 2. The quantitative estimate of drug-likeness (QED) is 0.436. The van der Waals surface area contributed by atoms with Gasteiger partial charge in [0.2, 0.25) is 11.8 Å². The number of halogens is 1. The van der Waals surface area contributed by atoms with Crippen LogP contribution < -0.4 is 5.32 Å². The first-order valence-corrected chi connectivity index (χ1v) is 11.7. The van der Waals surface area contributed by atoms with Gasteiger partial charge in [-0.2, -0.15) is 0 Å². The van der Waals surface area contributed by atoms with E-state index in [0.717, 1.165) is 16.7 Å². The second-order valence-corrected chi connectivity index (χ2v) is 9.00. The fraction of sp³-hybridized carbons (Fsp3) is 0.286. The van der Waals surface area contributed by atoms with Crippen molar-refractivity contribution >= 4 is 23.4 Å². The van der Waals surface area contributed by atoms with Gasteiger partial charge in [-0.3, -0.25) is 9.59 Å². The highest BCUT2D eigenvalue weighted by Gasteiger charge is 2.29. The van der Waals surface area contributed by atoms with E-state index < -0.39 is 6.04 Å². The first-order valence-electron chi connectivity index (χ1n) is 11.3. The number of nitrogens with one attached hydrogen (secondary N) is 1. The Morgan fingerprint density at radius 3 is 1.82 bits per heavy atom. The molecule has 33 heavy (non-hydrogen) atoms. The molecule has 4 nitrogen and oxygen atoms in total. The summed E-state index contributed by atoms with van der Waals surface area (Å²) >= 11 is 6.04. The van der Waals surface area contributed by atoms with Crippen molar-refractivity contribution in [1.82, 2.24) is 10.2 Å². The molecule has 0 saturated heterocycles. The zero-order valence-electron chi connectivity index (χ0n) is 19.4. The topological polar surface area (TPSA) is 49.4 Å². The lowest BCUT2D eigenvalue weighted by Crippen LogP contribution is -2.49. The molecule has 0 saturated carbocycles. The second-order valence-electron chi connectivity index (χ2n) is 8.57. The van der Waals surface area contributed by atoms with Crippen molar-refractivity contribution in [3.05, 3.63) is 107 Å². The van der Waals surface area contributed by atoms with Crippen LogP contribution in [0.4, 0.5) is 0 Å². The van der Waals surface area contributed by atoms with Gasteiger partial charge in [0.05, 0.1) is 0 Å². The normalized spacial score (nSPS) is 11.9. The molecule has 0 bridgehead atoms. The summed E-state index contributed by atoms with van der Waals surface area (Å²) < 4.78 is 0. The fourth-order valence-electron chi connectivity index (χ4n) is 3.86. The molecule has 0 heterocycles. The zero-order valence-corrected chi connectivity index (χ0v) is 20.1. The van der Waals surface area contributed by atoms with Gasteiger partial charge in [-0.15, -0.1) is 0 Å². The van der Waals surface area contributed by atoms with Crippen molar-refractivity contribution in [2.45, 2.75) is 51.7 Å². The zero-order chi connectivity index (χ0) is 23.8. The molecule has 0 radical (unpaired) electrons. The van der Waals surface area contributed by atoms with Crippen LogP contribution in [0.3, 0.4) is 0 Å². The van der Waals surface area contributed by atoms with E-state index in [9.17, 15) is 9.59 Å². The molecule has 3 aromatic rings. The van der Waals surface area contributed by atoms with Crippen molar-refractivity contribution in [2.24, 2.45) is 0 Å². The van der Waals surface area contributed by atoms with E-state index in [4.69, 9.17) is 11.6 Å². The Morgan fingerprint density at radius 2 is 1.33 bits per heavy atom. The van der Waals surface area contributed by atoms with E-state index >= 15 is 0 Å². The van der Waals surface area contributed by atoms with Crippen molar-refractivity contribution in [1.29, 1.82) is 0 Å². The maximum absolute atomic E-state index is 13.7. The standard InChI is InChI=1S/C28H31ClN2O2/c1-20(2)30-28(33)21(3)31(19-22-14-16-25(29)17-15-22)27(32)18-26(23-10-6-4-7-11-23)24-12-8-5-9-13-24/h4-17,20-21,26H,18-19H2,1-3H3,(H,30,33). The van der Waals surface area contributed by atoms with Crippen molar-refractivity contribution in [3.63, 3.8) is 0 Å². The average Bonchev–Trinajstić information content (AvgIpc) is 2.82. The molecule has 0 aliphatic rings. The third-order valence-electron chi connectivity index (χ3n) is 5.65. The van der Waals surface area contributed by atoms with Gasteiger partial charge in [-0.25, -0.2) is 0 Å². The lowest BCUT2D eigenvalue weighted by molar-refractivity contribution is -0.141. The highest BCUT2D eigenvalue weighted by atomic mass is 35.5. The van der Waals surface area contributed by atoms with E-state index in [2.05, 4.69) is 5.32 Å². The Morgan fingerprint density at radius 1 is 0.818 bits per heavy atom. The van der Waals surface area contributed by atoms with Gasteiger partial charge in [0.15, 0.2) is 0 Å². The molecule has 172 valence electrons. The second kappa shape index (κ2) is 11.7. The van der Waals surface area contributed by atoms with Gasteiger partial charge in [0.25, 0.3) is 0 Å². The van der Waals surface area contributed by atoms with Crippen LogP contribution in [0.1, 0.15) is 49.8 Å². The monoisotopic (exact) mass is 462 g/mol. The Balaban J connectivity index is 1.91. The molecule has 1 N–H and O–H groups in total. The fourth-order valence-corrected chi connectivity index (χ4v) is 3.99. The van der Waals surface area contributed by atoms with Crippen LogP contribution in [-0.2, 0) is 16.1 Å². The van der Waals surface area contributed by atoms with Crippen molar-refractivity contribution in [2.75, 3.05) is 0 Å². The van der Waals surface area contributed by atoms with Crippen molar-refractivity contribution < 1.29 is 9.59 Å². The number of benzene rings is 3. The van der Waals surface area contributed by atoms with Crippen molar-refractivity contribution in [3.8, 4) is 0 Å². The Hall–Kier alpha value is -3.11. The summed E-state index contributed by atoms with van der Waals surface area (Å²) in [5, 5.41) is 3.57. The molecule has 0 fully saturated rings. The largest absolute Gasteiger partial charge is 0.352 e. The predicted molar refractivity (Wildman–Crippen MR) is 134 cm³/mol. The minimum atomic E-state index is -0.609. The van der Waals surface area contributed by atoms with Gasteiger partial charge in [0.1, 0.15) is 6.04 Å². The molecule has 0 spiro atoms. The molecular weight excluding hydrogens is 432 g/mol. The molecule has 5 heteroatoms. The highest BCUT2D eigenvalue weighted by Crippen LogP contribution is 2.29. The van der Waals surface area contributed by atoms with Crippen LogP contribution in [0.2, 0.25) is 5.02 Å². The Bertz CT molecular complexity index is 997. The summed E-state index contributed by atoms with van der Waals surface area (Å²) in [7, 11) is 0. The SMILES string of the molecule is CC(C)NC(=O)C(C)N(Cc1ccc(Cl)cc1)C(=O)CC(c1ccccc1)c1ccccc1. The predicted octanol–water partition coefficient (Wildman–Crippen LogP) is 5.80. The Labute approximate surface area is 201 Å². The number of carbonyl (C=O) groups is 2. The highest BCUT2D eigenvalue weighted by molar-refractivity contribution is 6.30. The number of rotatable bonds is 9. The summed E-state index contributed by atoms with van der Waals surface area (Å²) in [6.45, 7) is 5.94. The molecule has 0 aromatic heterocycles. The van der Waals surface area contributed by atoms with Gasteiger partial charge in [-0.1, -0.05) is 84.4 Å². The van der Waals surface area contributed by atoms with Crippen LogP contribution in [0.5, 0.6) is 0 Å². The minimum Gasteiger partial charge on any atom is -0.352 e. The number of hydrogen-bond donors (Lipinski definition) is 1. The lowest BCUT2D eigenvalue weighted by Gasteiger charge is -2.31. The third kappa shape index (κ3) is 6.93. The van der Waals surface area contributed by atoms with E-state index in [1.54, 1.807) is 24.0 Å². The van der Waals surface area contributed by atoms with E-state index in [0.29, 0.717) is 11.6 Å². The van der Waals surface area contributed by atoms with Gasteiger partial charge in [0, 0.05) is 29.9 Å². The minimum absolute atomic E-state index is 0.00572. The van der Waals surface area contributed by atoms with Crippen LogP contribution in [0.25, 0.3) is 0 Å². The summed E-state index contributed by atoms with van der Waals surface area (Å²) in [6.07, 6.45) is 0.265. The summed E-state index contributed by atoms with van der Waals surface area (Å²) in [6, 6.07) is 26.8. The maximum Gasteiger partial charge on any atom is 0.242 e. The molecule has 0 aliphatic carbocycles. The van der Waals surface area contributed by atoms with Crippen LogP contribution in [-0.4, -0.2) is 28.8 Å². The first-order chi connectivity index (χ1) is 15.8. The number of amides is 2. The lowest BCUT2D eigenvalue weighted by atomic mass is 9.88. The van der Waals surface area contributed by atoms with E-state index in [1.165, 1.54) is 0 Å². The third-order valence-corrected chi connectivity index (χ3v) is 5.90. The van der Waals surface area contributed by atoms with E-state index in [-0.39, 0.29) is 30.2 Å². The van der Waals surface area contributed by atoms with Gasteiger partial charge >= 0.3 is 0 Å². The summed E-state index contributed by atoms with van der Waals surface area (Å²) in [5.41, 5.74) is 3.07. The molecule has 3 rings (SSSR count). The van der Waals surface area contributed by atoms with Crippen LogP contribution >= 0.6 is 11.6 Å². The van der Waals surface area contributed by atoms with Gasteiger partial charge < -0.3 is 10.2 Å². The molecule has 2 amide bonds. The van der Waals surface area contributed by atoms with Crippen LogP contribution in [0, 0.1) is 0 Å². The first kappa shape index (κ1) is 24.5. The summed E-state index contributed by atoms with van der Waals surface area (Å²) in [5.74, 6) is -0.342. The molecule has 1 unspecified atom stereocenters. The summed E-state index contributed by atoms with van der Waals surface area (Å²) in [4.78, 5) is 28.2. The molecule has 1 atom stereocenters. The molecule has 0 aliphatic heterocycles. The van der Waals surface area contributed by atoms with E-state index in [1.807, 2.05) is 86.6 Å². The number of nitrogens with zero attached hydrogens (tertiary/aromatic N) is 1. The smallest absolute Gasteiger partial charge is 0.242 e. The molecular formula is C28H31ClN2O2. The number of hydrogen-bond acceptors (Lipinski definition) is 2. The van der Waals surface area contributed by atoms with Gasteiger partial charge in [-0.05, 0) is 49.6 Å². The average molecular weight is 463 g/mol. The molecule has 3 aromatic carbocycles.